The number of β-lactam (4-membered cyclic amide) rings is 1. The van der Waals surface area contributed by atoms with Gasteiger partial charge in [-0.25, -0.2) is 9.48 Å². The number of nitrogens with one attached hydrogen (secondary N) is 1. The van der Waals surface area contributed by atoms with E-state index in [1.807, 2.05) is 0 Å². The van der Waals surface area contributed by atoms with Crippen molar-refractivity contribution in [2.24, 2.45) is 12.8 Å². The van der Waals surface area contributed by atoms with Gasteiger partial charge in [0, 0.05) is 18.6 Å². The van der Waals surface area contributed by atoms with Crippen LogP contribution < -0.4 is 11.1 Å². The minimum atomic E-state index is -1.20. The molecular formula is C16H17N7O5S2. The van der Waals surface area contributed by atoms with Crippen molar-refractivity contribution < 1.29 is 23.9 Å². The zero-order chi connectivity index (χ0) is 21.4. The zero-order valence-corrected chi connectivity index (χ0v) is 17.2. The second-order valence-electron chi connectivity index (χ2n) is 6.52. The van der Waals surface area contributed by atoms with Crippen molar-refractivity contribution in [2.45, 2.75) is 22.6 Å². The van der Waals surface area contributed by atoms with E-state index in [0.717, 1.165) is 0 Å². The number of nitrogens with zero attached hydrogens (tertiary/aromatic N) is 5. The summed E-state index contributed by atoms with van der Waals surface area (Å²) in [5.41, 5.74) is 6.38. The molecule has 0 bridgehead atoms. The molecule has 2 aliphatic heterocycles. The Balaban J connectivity index is 1.46. The molecule has 30 heavy (non-hydrogen) atoms. The van der Waals surface area contributed by atoms with Gasteiger partial charge < -0.3 is 20.6 Å². The van der Waals surface area contributed by atoms with Gasteiger partial charge in [-0.1, -0.05) is 11.8 Å². The molecule has 2 aliphatic rings. The van der Waals surface area contributed by atoms with Crippen molar-refractivity contribution in [3.63, 3.8) is 0 Å². The van der Waals surface area contributed by atoms with E-state index in [1.165, 1.54) is 39.4 Å². The SMILES string of the molecule is Cn1nnnc1SCC1=C(C(=O)O)N2C(=O)[C@@H](NC(=O)C(N)c3ccco3)C2SC1. The largest absolute Gasteiger partial charge is 0.477 e. The van der Waals surface area contributed by atoms with Crippen LogP contribution in [-0.2, 0) is 21.4 Å². The summed E-state index contributed by atoms with van der Waals surface area (Å²) in [7, 11) is 1.68. The lowest BCUT2D eigenvalue weighted by molar-refractivity contribution is -0.150. The number of aliphatic carboxylic acids is 1. The van der Waals surface area contributed by atoms with Crippen LogP contribution in [0.4, 0.5) is 0 Å². The highest BCUT2D eigenvalue weighted by atomic mass is 32.2. The Morgan fingerprint density at radius 3 is 2.97 bits per heavy atom. The predicted molar refractivity (Wildman–Crippen MR) is 105 cm³/mol. The van der Waals surface area contributed by atoms with Crippen LogP contribution >= 0.6 is 23.5 Å². The lowest BCUT2D eigenvalue weighted by atomic mass is 10.0. The normalized spacial score (nSPS) is 21.8. The van der Waals surface area contributed by atoms with Gasteiger partial charge >= 0.3 is 5.97 Å². The van der Waals surface area contributed by atoms with Gasteiger partial charge in [0.15, 0.2) is 0 Å². The van der Waals surface area contributed by atoms with Gasteiger partial charge in [0.25, 0.3) is 5.91 Å². The lowest BCUT2D eigenvalue weighted by Gasteiger charge is -2.49. The van der Waals surface area contributed by atoms with Crippen molar-refractivity contribution in [2.75, 3.05) is 11.5 Å². The van der Waals surface area contributed by atoms with Gasteiger partial charge in [-0.2, -0.15) is 0 Å². The van der Waals surface area contributed by atoms with Crippen LogP contribution in [0.2, 0.25) is 0 Å². The lowest BCUT2D eigenvalue weighted by Crippen LogP contribution is -2.71. The maximum Gasteiger partial charge on any atom is 0.352 e. The molecule has 2 aromatic heterocycles. The van der Waals surface area contributed by atoms with E-state index in [9.17, 15) is 19.5 Å². The monoisotopic (exact) mass is 451 g/mol. The van der Waals surface area contributed by atoms with Gasteiger partial charge in [0.2, 0.25) is 11.1 Å². The summed E-state index contributed by atoms with van der Waals surface area (Å²) in [4.78, 5) is 38.2. The van der Waals surface area contributed by atoms with Crippen LogP contribution in [-0.4, -0.2) is 70.9 Å². The van der Waals surface area contributed by atoms with E-state index in [1.54, 1.807) is 19.2 Å². The minimum Gasteiger partial charge on any atom is -0.477 e. The molecule has 0 spiro atoms. The smallest absolute Gasteiger partial charge is 0.352 e. The van der Waals surface area contributed by atoms with Crippen LogP contribution in [0.5, 0.6) is 0 Å². The fourth-order valence-corrected chi connectivity index (χ4v) is 5.46. The topological polar surface area (TPSA) is 169 Å². The minimum absolute atomic E-state index is 0.0628. The molecule has 2 amide bonds. The Morgan fingerprint density at radius 1 is 1.53 bits per heavy atom. The quantitative estimate of drug-likeness (QED) is 0.360. The van der Waals surface area contributed by atoms with E-state index < -0.39 is 35.2 Å². The summed E-state index contributed by atoms with van der Waals surface area (Å²) in [5, 5.41) is 23.5. The number of fused-ring (bicyclic) bond motifs is 1. The number of nitrogens with two attached hydrogens (primary N) is 1. The number of carboxylic acids is 1. The van der Waals surface area contributed by atoms with E-state index in [4.69, 9.17) is 10.2 Å². The van der Waals surface area contributed by atoms with Crippen molar-refractivity contribution in [3.8, 4) is 0 Å². The Labute approximate surface area is 178 Å². The highest BCUT2D eigenvalue weighted by Crippen LogP contribution is 2.41. The summed E-state index contributed by atoms with van der Waals surface area (Å²) >= 11 is 2.66. The number of carbonyl (C=O) groups is 3. The second-order valence-corrected chi connectivity index (χ2v) is 8.57. The highest BCUT2D eigenvalue weighted by molar-refractivity contribution is 8.01. The van der Waals surface area contributed by atoms with Crippen molar-refractivity contribution in [1.29, 1.82) is 0 Å². The van der Waals surface area contributed by atoms with E-state index >= 15 is 0 Å². The fourth-order valence-electron chi connectivity index (χ4n) is 3.13. The van der Waals surface area contributed by atoms with Gasteiger partial charge in [-0.05, 0) is 28.1 Å². The highest BCUT2D eigenvalue weighted by Gasteiger charge is 2.54. The first-order valence-electron chi connectivity index (χ1n) is 8.73. The molecule has 4 heterocycles. The third-order valence-corrected chi connectivity index (χ3v) is 7.07. The predicted octanol–water partition coefficient (Wildman–Crippen LogP) is -0.666. The number of rotatable bonds is 7. The number of aromatic nitrogens is 4. The maximum absolute atomic E-state index is 12.7. The summed E-state index contributed by atoms with van der Waals surface area (Å²) in [6.07, 6.45) is 1.40. The third kappa shape index (κ3) is 3.57. The van der Waals surface area contributed by atoms with E-state index in [0.29, 0.717) is 22.2 Å². The Kier molecular flexibility index (Phi) is 5.53. The molecule has 0 saturated carbocycles. The van der Waals surface area contributed by atoms with E-state index in [2.05, 4.69) is 20.8 Å². The molecule has 158 valence electrons. The van der Waals surface area contributed by atoms with Crippen LogP contribution in [0.15, 0.2) is 39.2 Å². The summed E-state index contributed by atoms with van der Waals surface area (Å²) < 4.78 is 6.60. The van der Waals surface area contributed by atoms with Crippen LogP contribution in [0.25, 0.3) is 0 Å². The molecule has 0 aromatic carbocycles. The number of aryl methyl sites for hydroxylation is 1. The average molecular weight is 451 g/mol. The molecule has 1 saturated heterocycles. The standard InChI is InChI=1S/C16H17N7O5S2/c1-22-16(19-20-21-22)30-6-7-5-29-14-10(13(25)23(14)11(7)15(26)27)18-12(24)9(17)8-3-2-4-28-8/h2-4,9-10,14H,5-6,17H2,1H3,(H,18,24)(H,26,27)/t9?,10-,14?/m1/s1. The molecule has 2 aromatic rings. The zero-order valence-electron chi connectivity index (χ0n) is 15.6. The van der Waals surface area contributed by atoms with Gasteiger partial charge in [-0.15, -0.1) is 16.9 Å². The molecule has 3 atom stereocenters. The number of carboxylic acid groups (broad SMARTS) is 1. The number of thioether (sulfide) groups is 2. The number of furan rings is 1. The Morgan fingerprint density at radius 2 is 2.33 bits per heavy atom. The molecule has 14 heteroatoms. The molecule has 4 rings (SSSR count). The Hall–Kier alpha value is -2.84. The second kappa shape index (κ2) is 8.12. The summed E-state index contributed by atoms with van der Waals surface area (Å²) in [5.74, 6) is -1.27. The molecule has 0 aliphatic carbocycles. The Bertz CT molecular complexity index is 1020. The molecule has 2 unspecified atom stereocenters. The first-order chi connectivity index (χ1) is 14.4. The molecule has 1 fully saturated rings. The van der Waals surface area contributed by atoms with Gasteiger partial charge in [0.1, 0.15) is 28.9 Å². The summed E-state index contributed by atoms with van der Waals surface area (Å²) in [6.45, 7) is 0. The molecule has 0 radical (unpaired) electrons. The number of carbonyl (C=O) groups excluding carboxylic acids is 2. The molecule has 12 nitrogen and oxygen atoms in total. The van der Waals surface area contributed by atoms with Crippen LogP contribution in [0, 0.1) is 0 Å². The van der Waals surface area contributed by atoms with Gasteiger partial charge in [0.05, 0.1) is 6.26 Å². The molecule has 4 N–H and O–H groups in total. The van der Waals surface area contributed by atoms with Crippen molar-refractivity contribution in [3.05, 3.63) is 35.4 Å². The fraction of sp³-hybridized carbons (Fsp3) is 0.375. The van der Waals surface area contributed by atoms with Crippen LogP contribution in [0.1, 0.15) is 11.8 Å². The van der Waals surface area contributed by atoms with Gasteiger partial charge in [-0.3, -0.25) is 14.5 Å². The molecular weight excluding hydrogens is 434 g/mol. The van der Waals surface area contributed by atoms with Crippen LogP contribution in [0.3, 0.4) is 0 Å². The first-order valence-corrected chi connectivity index (χ1v) is 10.8. The number of hydrogen-bond acceptors (Lipinski definition) is 10. The van der Waals surface area contributed by atoms with E-state index in [-0.39, 0.29) is 11.5 Å². The maximum atomic E-state index is 12.7. The average Bonchev–Trinajstić information content (AvgIpc) is 3.40. The number of hydrogen-bond donors (Lipinski definition) is 3. The van der Waals surface area contributed by atoms with Crippen molar-refractivity contribution >= 4 is 41.3 Å². The first kappa shape index (κ1) is 20.4. The third-order valence-electron chi connectivity index (χ3n) is 4.64. The summed E-state index contributed by atoms with van der Waals surface area (Å²) in [6, 6.07) is 1.26. The number of tetrazole rings is 1. The van der Waals surface area contributed by atoms with Crippen molar-refractivity contribution in [1.82, 2.24) is 30.4 Å². The number of amides is 2.